The molecule has 3 fully saturated rings. The average molecular weight is 424 g/mol. The summed E-state index contributed by atoms with van der Waals surface area (Å²) in [6.07, 6.45) is 1.60. The van der Waals surface area contributed by atoms with Crippen LogP contribution >= 0.6 is 0 Å². The minimum atomic E-state index is -0.722. The molecule has 0 bridgehead atoms. The van der Waals surface area contributed by atoms with Crippen molar-refractivity contribution in [3.63, 3.8) is 0 Å². The number of benzene rings is 1. The minimum absolute atomic E-state index is 0.0363. The molecular weight excluding hydrogens is 394 g/mol. The quantitative estimate of drug-likeness (QED) is 0.752. The molecule has 0 aliphatic carbocycles. The first-order valence-electron chi connectivity index (χ1n) is 11.0. The van der Waals surface area contributed by atoms with Crippen molar-refractivity contribution in [1.82, 2.24) is 14.7 Å². The molecule has 5 atom stereocenters. The van der Waals surface area contributed by atoms with E-state index in [9.17, 15) is 19.6 Å². The second-order valence-corrected chi connectivity index (χ2v) is 8.85. The van der Waals surface area contributed by atoms with E-state index in [4.69, 9.17) is 5.73 Å². The van der Waals surface area contributed by atoms with Gasteiger partial charge in [0.2, 0.25) is 17.7 Å². The minimum Gasteiger partial charge on any atom is -0.341 e. The first-order valence-corrected chi connectivity index (χ1v) is 11.0. The summed E-state index contributed by atoms with van der Waals surface area (Å²) in [5.74, 6) is -0.678. The zero-order valence-corrected chi connectivity index (χ0v) is 17.8. The number of nitriles is 1. The van der Waals surface area contributed by atoms with Crippen LogP contribution in [0.5, 0.6) is 0 Å². The fraction of sp³-hybridized carbons (Fsp3) is 0.565. The number of likely N-dealkylation sites (tertiary alicyclic amines) is 1. The number of hydrogen-bond donors (Lipinski definition) is 1. The van der Waals surface area contributed by atoms with Gasteiger partial charge in [0, 0.05) is 39.0 Å². The largest absolute Gasteiger partial charge is 0.341 e. The van der Waals surface area contributed by atoms with E-state index in [2.05, 4.69) is 6.07 Å². The third-order valence-corrected chi connectivity index (χ3v) is 6.97. The molecule has 2 N–H and O–H groups in total. The van der Waals surface area contributed by atoms with Gasteiger partial charge < -0.3 is 20.4 Å². The molecule has 31 heavy (non-hydrogen) atoms. The van der Waals surface area contributed by atoms with Crippen LogP contribution in [0.4, 0.5) is 0 Å². The van der Waals surface area contributed by atoms with Crippen molar-refractivity contribution in [2.45, 2.75) is 50.2 Å². The van der Waals surface area contributed by atoms with Crippen LogP contribution in [0.3, 0.4) is 0 Å². The van der Waals surface area contributed by atoms with Gasteiger partial charge in [-0.3, -0.25) is 14.4 Å². The fourth-order valence-corrected chi connectivity index (χ4v) is 5.24. The number of rotatable bonds is 2. The van der Waals surface area contributed by atoms with E-state index in [0.29, 0.717) is 45.4 Å². The lowest BCUT2D eigenvalue weighted by molar-refractivity contribution is -0.148. The molecule has 2 unspecified atom stereocenters. The van der Waals surface area contributed by atoms with Gasteiger partial charge in [0.25, 0.3) is 0 Å². The van der Waals surface area contributed by atoms with Crippen molar-refractivity contribution in [2.75, 3.05) is 26.2 Å². The van der Waals surface area contributed by atoms with Crippen molar-refractivity contribution in [3.8, 4) is 6.07 Å². The molecule has 0 aromatic heterocycles. The number of nitrogens with zero attached hydrogens (tertiary/aromatic N) is 4. The van der Waals surface area contributed by atoms with E-state index < -0.39 is 12.1 Å². The molecular formula is C23H29N5O3. The van der Waals surface area contributed by atoms with Crippen molar-refractivity contribution in [1.29, 1.82) is 5.26 Å². The zero-order valence-electron chi connectivity index (χ0n) is 17.8. The van der Waals surface area contributed by atoms with Gasteiger partial charge in [0.05, 0.1) is 24.1 Å². The summed E-state index contributed by atoms with van der Waals surface area (Å²) < 4.78 is 0. The average Bonchev–Trinajstić information content (AvgIpc) is 3.39. The zero-order chi connectivity index (χ0) is 22.1. The summed E-state index contributed by atoms with van der Waals surface area (Å²) in [7, 11) is 0. The normalized spacial score (nSPS) is 31.1. The van der Waals surface area contributed by atoms with Crippen LogP contribution in [0.2, 0.25) is 0 Å². The van der Waals surface area contributed by atoms with Crippen LogP contribution in [0, 0.1) is 17.2 Å². The number of carbonyl (C=O) groups is 3. The van der Waals surface area contributed by atoms with Crippen LogP contribution < -0.4 is 5.73 Å². The molecule has 8 nitrogen and oxygen atoms in total. The molecule has 0 saturated carbocycles. The summed E-state index contributed by atoms with van der Waals surface area (Å²) in [6.45, 7) is 3.25. The molecule has 0 radical (unpaired) electrons. The lowest BCUT2D eigenvalue weighted by Crippen LogP contribution is -2.58. The molecule has 0 spiro atoms. The molecule has 1 aromatic rings. The molecule has 3 heterocycles. The lowest BCUT2D eigenvalue weighted by Gasteiger charge is -2.38. The van der Waals surface area contributed by atoms with E-state index in [-0.39, 0.29) is 35.6 Å². The number of amides is 3. The summed E-state index contributed by atoms with van der Waals surface area (Å²) >= 11 is 0. The van der Waals surface area contributed by atoms with Gasteiger partial charge in [0.1, 0.15) is 6.04 Å². The van der Waals surface area contributed by atoms with Crippen molar-refractivity contribution in [2.24, 2.45) is 11.7 Å². The highest BCUT2D eigenvalue weighted by atomic mass is 16.2. The summed E-state index contributed by atoms with van der Waals surface area (Å²) in [5.41, 5.74) is 7.18. The Balaban J connectivity index is 1.54. The lowest BCUT2D eigenvalue weighted by atomic mass is 9.90. The molecule has 8 heteroatoms. The summed E-state index contributed by atoms with van der Waals surface area (Å²) in [4.78, 5) is 43.7. The monoisotopic (exact) mass is 423 g/mol. The van der Waals surface area contributed by atoms with Gasteiger partial charge in [-0.1, -0.05) is 30.3 Å². The highest BCUT2D eigenvalue weighted by molar-refractivity contribution is 5.91. The Hall–Kier alpha value is -2.92. The third-order valence-electron chi connectivity index (χ3n) is 6.97. The predicted octanol–water partition coefficient (Wildman–Crippen LogP) is 0.691. The number of nitrogens with two attached hydrogens (primary N) is 1. The van der Waals surface area contributed by atoms with Gasteiger partial charge in [-0.15, -0.1) is 0 Å². The summed E-state index contributed by atoms with van der Waals surface area (Å²) in [6, 6.07) is 10.7. The van der Waals surface area contributed by atoms with Gasteiger partial charge in [-0.25, -0.2) is 0 Å². The molecule has 164 valence electrons. The van der Waals surface area contributed by atoms with Crippen LogP contribution in [0.1, 0.15) is 37.7 Å². The number of fused-ring (bicyclic) bond motifs is 1. The van der Waals surface area contributed by atoms with Crippen molar-refractivity contribution < 1.29 is 14.4 Å². The Labute approximate surface area is 182 Å². The first-order chi connectivity index (χ1) is 14.9. The third kappa shape index (κ3) is 4.02. The van der Waals surface area contributed by atoms with E-state index >= 15 is 0 Å². The Morgan fingerprint density at radius 1 is 1.06 bits per heavy atom. The second-order valence-electron chi connectivity index (χ2n) is 8.85. The molecule has 4 rings (SSSR count). The molecule has 3 amide bonds. The topological polar surface area (TPSA) is 111 Å². The Morgan fingerprint density at radius 2 is 1.81 bits per heavy atom. The first kappa shape index (κ1) is 21.3. The molecule has 3 aliphatic heterocycles. The van der Waals surface area contributed by atoms with Crippen LogP contribution in [0.25, 0.3) is 0 Å². The Bertz CT molecular complexity index is 898. The van der Waals surface area contributed by atoms with E-state index in [0.717, 1.165) is 5.56 Å². The maximum atomic E-state index is 13.5. The second kappa shape index (κ2) is 8.67. The number of hydrogen-bond acceptors (Lipinski definition) is 5. The molecule has 3 aliphatic rings. The standard InChI is InChI=1S/C23H29N5O3/c1-15(29)26-10-9-20(25)22(30)28-18(13-26)7-8-21(28)23(31)27-12-17(11-24)19(14-27)16-5-3-2-4-6-16/h2-6,17-21H,7-10,12-14,25H2,1H3/t17?,18-,19?,20+,21+/m1/s1. The fourth-order valence-electron chi connectivity index (χ4n) is 5.24. The van der Waals surface area contributed by atoms with Crippen molar-refractivity contribution in [3.05, 3.63) is 35.9 Å². The van der Waals surface area contributed by atoms with Crippen LogP contribution in [-0.2, 0) is 14.4 Å². The van der Waals surface area contributed by atoms with Crippen molar-refractivity contribution >= 4 is 17.7 Å². The van der Waals surface area contributed by atoms with Gasteiger partial charge in [-0.05, 0) is 24.8 Å². The molecule has 1 aromatic carbocycles. The van der Waals surface area contributed by atoms with Gasteiger partial charge >= 0.3 is 0 Å². The Morgan fingerprint density at radius 3 is 2.48 bits per heavy atom. The van der Waals surface area contributed by atoms with Gasteiger partial charge in [0.15, 0.2) is 0 Å². The smallest absolute Gasteiger partial charge is 0.245 e. The maximum Gasteiger partial charge on any atom is 0.245 e. The predicted molar refractivity (Wildman–Crippen MR) is 113 cm³/mol. The molecule has 3 saturated heterocycles. The SMILES string of the molecule is CC(=O)N1CC[C@H](N)C(=O)N2[C@H](CC[C@H]2C(=O)N2CC(C#N)C(c3ccccc3)C2)C1. The highest BCUT2D eigenvalue weighted by Crippen LogP contribution is 2.35. The highest BCUT2D eigenvalue weighted by Gasteiger charge is 2.47. The summed E-state index contributed by atoms with van der Waals surface area (Å²) in [5, 5.41) is 9.67. The van der Waals surface area contributed by atoms with Gasteiger partial charge in [-0.2, -0.15) is 5.26 Å². The van der Waals surface area contributed by atoms with Crippen LogP contribution in [0.15, 0.2) is 30.3 Å². The Kier molecular flexibility index (Phi) is 5.96. The van der Waals surface area contributed by atoms with E-state index in [1.165, 1.54) is 6.92 Å². The van der Waals surface area contributed by atoms with Crippen LogP contribution in [-0.4, -0.2) is 76.7 Å². The number of carbonyl (C=O) groups excluding carboxylic acids is 3. The van der Waals surface area contributed by atoms with E-state index in [1.54, 1.807) is 14.7 Å². The maximum absolute atomic E-state index is 13.5. The van der Waals surface area contributed by atoms with E-state index in [1.807, 2.05) is 30.3 Å².